The van der Waals surface area contributed by atoms with Crippen LogP contribution in [0.25, 0.3) is 0 Å². The van der Waals surface area contributed by atoms with E-state index >= 15 is 0 Å². The van der Waals surface area contributed by atoms with Crippen LogP contribution in [0.1, 0.15) is 48.5 Å². The summed E-state index contributed by atoms with van der Waals surface area (Å²) in [4.78, 5) is 14.9. The highest BCUT2D eigenvalue weighted by molar-refractivity contribution is 5.94. The van der Waals surface area contributed by atoms with Crippen LogP contribution in [0.15, 0.2) is 24.3 Å². The minimum absolute atomic E-state index is 0.130. The molecule has 3 rings (SSSR count). The van der Waals surface area contributed by atoms with Crippen molar-refractivity contribution in [2.45, 2.75) is 50.7 Å². The zero-order valence-corrected chi connectivity index (χ0v) is 14.2. The standard InChI is InChI=1S/C18H27N3O2/c1-12-17(13(2)20-19-12)14-6-4-7-15(10-14)18(22)21-9-5-8-16(21)11-23-3/h4,6-7,10,12-13,16-17,19-20H,5,8-9,11H2,1-3H3/t12?,13?,16-,17?/m0/s1. The van der Waals surface area contributed by atoms with Gasteiger partial charge in [-0.15, -0.1) is 0 Å². The predicted molar refractivity (Wildman–Crippen MR) is 90.3 cm³/mol. The molecule has 0 radical (unpaired) electrons. The Labute approximate surface area is 138 Å². The third-order valence-electron chi connectivity index (χ3n) is 5.13. The average molecular weight is 317 g/mol. The maximum absolute atomic E-state index is 12.9. The van der Waals surface area contributed by atoms with Crippen molar-refractivity contribution in [1.82, 2.24) is 15.8 Å². The summed E-state index contributed by atoms with van der Waals surface area (Å²) in [6, 6.07) is 9.04. The molecule has 2 fully saturated rings. The van der Waals surface area contributed by atoms with Crippen LogP contribution in [0, 0.1) is 0 Å². The van der Waals surface area contributed by atoms with E-state index in [0.717, 1.165) is 24.9 Å². The lowest BCUT2D eigenvalue weighted by molar-refractivity contribution is 0.0630. The molecule has 2 N–H and O–H groups in total. The molecule has 0 aromatic heterocycles. The van der Waals surface area contributed by atoms with Crippen LogP contribution in [-0.2, 0) is 4.74 Å². The maximum Gasteiger partial charge on any atom is 0.254 e. The van der Waals surface area contributed by atoms with Crippen molar-refractivity contribution in [3.63, 3.8) is 0 Å². The Morgan fingerprint density at radius 3 is 2.74 bits per heavy atom. The van der Waals surface area contributed by atoms with Gasteiger partial charge in [0.15, 0.2) is 0 Å². The SMILES string of the molecule is COC[C@@H]1CCCN1C(=O)c1cccc(C2C(C)NNC2C)c1. The van der Waals surface area contributed by atoms with Gasteiger partial charge >= 0.3 is 0 Å². The minimum atomic E-state index is 0.130. The predicted octanol–water partition coefficient (Wildman–Crippen LogP) is 1.91. The molecule has 1 aromatic carbocycles. The molecule has 3 atom stereocenters. The molecule has 5 nitrogen and oxygen atoms in total. The average Bonchev–Trinajstić information content (AvgIpc) is 3.14. The molecule has 2 aliphatic heterocycles. The van der Waals surface area contributed by atoms with Gasteiger partial charge in [0.25, 0.3) is 5.91 Å². The van der Waals surface area contributed by atoms with E-state index in [1.54, 1.807) is 7.11 Å². The van der Waals surface area contributed by atoms with Gasteiger partial charge in [-0.1, -0.05) is 12.1 Å². The van der Waals surface area contributed by atoms with Gasteiger partial charge in [-0.05, 0) is 44.4 Å². The number of carbonyl (C=O) groups is 1. The fourth-order valence-electron chi connectivity index (χ4n) is 3.97. The molecule has 2 unspecified atom stereocenters. The Hall–Kier alpha value is -1.43. The molecule has 0 bridgehead atoms. The van der Waals surface area contributed by atoms with Crippen molar-refractivity contribution in [3.05, 3.63) is 35.4 Å². The van der Waals surface area contributed by atoms with Crippen molar-refractivity contribution >= 4 is 5.91 Å². The van der Waals surface area contributed by atoms with Gasteiger partial charge in [0.05, 0.1) is 12.6 Å². The lowest BCUT2D eigenvalue weighted by Crippen LogP contribution is -2.38. The highest BCUT2D eigenvalue weighted by Gasteiger charge is 2.33. The first-order chi connectivity index (χ1) is 11.1. The number of hydrogen-bond donors (Lipinski definition) is 2. The Bertz CT molecular complexity index is 553. The van der Waals surface area contributed by atoms with Gasteiger partial charge < -0.3 is 9.64 Å². The second kappa shape index (κ2) is 6.99. The zero-order chi connectivity index (χ0) is 16.4. The van der Waals surface area contributed by atoms with Crippen LogP contribution < -0.4 is 10.9 Å². The van der Waals surface area contributed by atoms with E-state index < -0.39 is 0 Å². The van der Waals surface area contributed by atoms with Crippen molar-refractivity contribution in [2.24, 2.45) is 0 Å². The molecule has 1 amide bonds. The lowest BCUT2D eigenvalue weighted by atomic mass is 9.88. The van der Waals surface area contributed by atoms with Crippen LogP contribution in [0.3, 0.4) is 0 Å². The zero-order valence-electron chi connectivity index (χ0n) is 14.2. The number of ether oxygens (including phenoxy) is 1. The largest absolute Gasteiger partial charge is 0.383 e. The molecule has 1 aromatic rings. The molecule has 126 valence electrons. The number of carbonyl (C=O) groups excluding carboxylic acids is 1. The number of methoxy groups -OCH3 is 1. The number of hydrazine groups is 1. The third kappa shape index (κ3) is 3.27. The van der Waals surface area contributed by atoms with E-state index in [4.69, 9.17) is 4.74 Å². The molecule has 23 heavy (non-hydrogen) atoms. The summed E-state index contributed by atoms with van der Waals surface area (Å²) in [6.45, 7) is 5.79. The molecule has 2 heterocycles. The first-order valence-corrected chi connectivity index (χ1v) is 8.52. The summed E-state index contributed by atoms with van der Waals surface area (Å²) in [5.74, 6) is 0.502. The second-order valence-corrected chi connectivity index (χ2v) is 6.77. The highest BCUT2D eigenvalue weighted by atomic mass is 16.5. The van der Waals surface area contributed by atoms with E-state index in [0.29, 0.717) is 24.6 Å². The van der Waals surface area contributed by atoms with Crippen LogP contribution in [0.4, 0.5) is 0 Å². The summed E-state index contributed by atoms with van der Waals surface area (Å²) in [5, 5.41) is 0. The quantitative estimate of drug-likeness (QED) is 0.891. The lowest BCUT2D eigenvalue weighted by Gasteiger charge is -2.25. The molecule has 0 aliphatic carbocycles. The number of amides is 1. The molecule has 5 heteroatoms. The van der Waals surface area contributed by atoms with Crippen LogP contribution in [0.5, 0.6) is 0 Å². The van der Waals surface area contributed by atoms with Gasteiger partial charge in [-0.25, -0.2) is 0 Å². The van der Waals surface area contributed by atoms with Crippen LogP contribution in [-0.4, -0.2) is 49.2 Å². The number of benzene rings is 1. The van der Waals surface area contributed by atoms with Crippen molar-refractivity contribution in [2.75, 3.05) is 20.3 Å². The Morgan fingerprint density at radius 2 is 2.04 bits per heavy atom. The van der Waals surface area contributed by atoms with E-state index in [9.17, 15) is 4.79 Å². The number of nitrogens with one attached hydrogen (secondary N) is 2. The first-order valence-electron chi connectivity index (χ1n) is 8.52. The Balaban J connectivity index is 1.80. The Kier molecular flexibility index (Phi) is 4.99. The maximum atomic E-state index is 12.9. The molecular formula is C18H27N3O2. The van der Waals surface area contributed by atoms with Gasteiger partial charge in [-0.3, -0.25) is 15.6 Å². The van der Waals surface area contributed by atoms with E-state index in [2.05, 4.69) is 36.8 Å². The fraction of sp³-hybridized carbons (Fsp3) is 0.611. The van der Waals surface area contributed by atoms with Crippen molar-refractivity contribution in [3.8, 4) is 0 Å². The highest BCUT2D eigenvalue weighted by Crippen LogP contribution is 2.28. The van der Waals surface area contributed by atoms with E-state index in [1.807, 2.05) is 17.0 Å². The van der Waals surface area contributed by atoms with Crippen LogP contribution in [0.2, 0.25) is 0 Å². The monoisotopic (exact) mass is 317 g/mol. The number of rotatable bonds is 4. The van der Waals surface area contributed by atoms with E-state index in [1.165, 1.54) is 5.56 Å². The van der Waals surface area contributed by atoms with Crippen molar-refractivity contribution < 1.29 is 9.53 Å². The van der Waals surface area contributed by atoms with Crippen molar-refractivity contribution in [1.29, 1.82) is 0 Å². The molecule has 2 saturated heterocycles. The minimum Gasteiger partial charge on any atom is -0.383 e. The van der Waals surface area contributed by atoms with Gasteiger partial charge in [0.1, 0.15) is 0 Å². The summed E-state index contributed by atoms with van der Waals surface area (Å²) in [7, 11) is 1.70. The number of nitrogens with zero attached hydrogens (tertiary/aromatic N) is 1. The van der Waals surface area contributed by atoms with Gasteiger partial charge in [-0.2, -0.15) is 0 Å². The number of likely N-dealkylation sites (tertiary alicyclic amines) is 1. The second-order valence-electron chi connectivity index (χ2n) is 6.77. The normalized spacial score (nSPS) is 30.8. The topological polar surface area (TPSA) is 53.6 Å². The molecule has 0 saturated carbocycles. The fourth-order valence-corrected chi connectivity index (χ4v) is 3.97. The first kappa shape index (κ1) is 16.4. The van der Waals surface area contributed by atoms with Crippen LogP contribution >= 0.6 is 0 Å². The van der Waals surface area contributed by atoms with Gasteiger partial charge in [0.2, 0.25) is 0 Å². The summed E-state index contributed by atoms with van der Waals surface area (Å²) >= 11 is 0. The smallest absolute Gasteiger partial charge is 0.254 e. The van der Waals surface area contributed by atoms with E-state index in [-0.39, 0.29) is 11.9 Å². The molecule has 0 spiro atoms. The molecule has 2 aliphatic rings. The summed E-state index contributed by atoms with van der Waals surface area (Å²) in [6.07, 6.45) is 2.09. The summed E-state index contributed by atoms with van der Waals surface area (Å²) in [5.41, 5.74) is 8.57. The van der Waals surface area contributed by atoms with Gasteiger partial charge in [0, 0.05) is 37.2 Å². The summed E-state index contributed by atoms with van der Waals surface area (Å²) < 4.78 is 5.26. The number of hydrogen-bond acceptors (Lipinski definition) is 4. The molecular weight excluding hydrogens is 290 g/mol. The Morgan fingerprint density at radius 1 is 1.30 bits per heavy atom. The third-order valence-corrected chi connectivity index (χ3v) is 5.13.